The number of hydrogen-bond donors (Lipinski definition) is 1. The maximum absolute atomic E-state index is 10.9. The summed E-state index contributed by atoms with van der Waals surface area (Å²) >= 11 is 0. The number of nitrogens with zero attached hydrogens (tertiary/aromatic N) is 2. The molecular formula is C16H15N3O2. The molecule has 0 spiro atoms. The van der Waals surface area contributed by atoms with Gasteiger partial charge in [0.15, 0.2) is 0 Å². The molecule has 3 aromatic rings. The van der Waals surface area contributed by atoms with Crippen LogP contribution in [0, 0.1) is 10.1 Å². The summed E-state index contributed by atoms with van der Waals surface area (Å²) in [6.07, 6.45) is 2.16. The molecule has 0 aliphatic heterocycles. The summed E-state index contributed by atoms with van der Waals surface area (Å²) < 4.78 is 0. The third-order valence-corrected chi connectivity index (χ3v) is 3.52. The van der Waals surface area contributed by atoms with E-state index in [1.165, 1.54) is 11.6 Å². The van der Waals surface area contributed by atoms with Crippen LogP contribution in [-0.4, -0.2) is 15.1 Å². The molecule has 5 heteroatoms. The Morgan fingerprint density at radius 2 is 1.95 bits per heavy atom. The minimum atomic E-state index is -0.388. The lowest BCUT2D eigenvalue weighted by molar-refractivity contribution is -0.384. The van der Waals surface area contributed by atoms with E-state index in [4.69, 9.17) is 0 Å². The van der Waals surface area contributed by atoms with E-state index in [0.29, 0.717) is 0 Å². The van der Waals surface area contributed by atoms with Gasteiger partial charge in [0.25, 0.3) is 5.69 Å². The maximum Gasteiger partial charge on any atom is 0.270 e. The van der Waals surface area contributed by atoms with Crippen LogP contribution in [0.1, 0.15) is 18.9 Å². The predicted octanol–water partition coefficient (Wildman–Crippen LogP) is 4.09. The van der Waals surface area contributed by atoms with Gasteiger partial charge in [-0.05, 0) is 18.1 Å². The van der Waals surface area contributed by atoms with E-state index < -0.39 is 0 Å². The Balaban J connectivity index is 2.07. The van der Waals surface area contributed by atoms with Gasteiger partial charge in [-0.1, -0.05) is 37.6 Å². The Kier molecular flexibility index (Phi) is 3.39. The van der Waals surface area contributed by atoms with Crippen LogP contribution >= 0.6 is 0 Å². The minimum Gasteiger partial charge on any atom is -0.277 e. The Morgan fingerprint density at radius 1 is 1.19 bits per heavy atom. The summed E-state index contributed by atoms with van der Waals surface area (Å²) in [6, 6.07) is 12.9. The number of non-ortho nitro benzene ring substituents is 1. The van der Waals surface area contributed by atoms with Crippen LogP contribution in [-0.2, 0) is 6.42 Å². The third-order valence-electron chi connectivity index (χ3n) is 3.52. The van der Waals surface area contributed by atoms with E-state index in [0.717, 1.165) is 35.0 Å². The molecule has 0 atom stereocenters. The number of nitro groups is 1. The number of fused-ring (bicyclic) bond motifs is 1. The highest BCUT2D eigenvalue weighted by atomic mass is 16.6. The van der Waals surface area contributed by atoms with Gasteiger partial charge in [0.1, 0.15) is 5.69 Å². The van der Waals surface area contributed by atoms with Crippen LogP contribution in [0.5, 0.6) is 0 Å². The fourth-order valence-electron chi connectivity index (χ4n) is 2.45. The number of hydrogen-bond acceptors (Lipinski definition) is 3. The third kappa shape index (κ3) is 2.50. The smallest absolute Gasteiger partial charge is 0.270 e. The van der Waals surface area contributed by atoms with Crippen molar-refractivity contribution in [2.75, 3.05) is 0 Å². The van der Waals surface area contributed by atoms with Crippen molar-refractivity contribution in [2.45, 2.75) is 19.8 Å². The number of H-pyrrole nitrogens is 1. The quantitative estimate of drug-likeness (QED) is 0.578. The van der Waals surface area contributed by atoms with Crippen molar-refractivity contribution in [1.82, 2.24) is 10.2 Å². The molecule has 3 rings (SSSR count). The molecule has 106 valence electrons. The van der Waals surface area contributed by atoms with Gasteiger partial charge < -0.3 is 0 Å². The van der Waals surface area contributed by atoms with Gasteiger partial charge in [0.05, 0.1) is 10.4 Å². The van der Waals surface area contributed by atoms with E-state index in [2.05, 4.69) is 29.3 Å². The van der Waals surface area contributed by atoms with Gasteiger partial charge in [-0.25, -0.2) is 0 Å². The summed E-state index contributed by atoms with van der Waals surface area (Å²) in [4.78, 5) is 10.5. The summed E-state index contributed by atoms with van der Waals surface area (Å²) in [5, 5.41) is 18.9. The largest absolute Gasteiger partial charge is 0.277 e. The molecule has 1 heterocycles. The number of benzene rings is 2. The van der Waals surface area contributed by atoms with E-state index in [-0.39, 0.29) is 10.6 Å². The zero-order valence-corrected chi connectivity index (χ0v) is 11.7. The number of aromatic nitrogens is 2. The fourth-order valence-corrected chi connectivity index (χ4v) is 2.45. The number of nitro benzene ring substituents is 1. The Labute approximate surface area is 121 Å². The van der Waals surface area contributed by atoms with E-state index in [9.17, 15) is 10.1 Å². The first-order chi connectivity index (χ1) is 10.2. The SMILES string of the molecule is CCCc1ccc(-c2n[nH]c3ccc([N+](=O)[O-])cc23)cc1. The molecule has 0 saturated carbocycles. The normalized spacial score (nSPS) is 10.9. The second kappa shape index (κ2) is 5.36. The minimum absolute atomic E-state index is 0.0766. The maximum atomic E-state index is 10.9. The summed E-state index contributed by atoms with van der Waals surface area (Å²) in [5.74, 6) is 0. The van der Waals surface area contributed by atoms with Crippen molar-refractivity contribution in [3.63, 3.8) is 0 Å². The van der Waals surface area contributed by atoms with E-state index in [1.807, 2.05) is 12.1 Å². The molecule has 0 saturated heterocycles. The highest BCUT2D eigenvalue weighted by molar-refractivity contribution is 5.94. The van der Waals surface area contributed by atoms with Gasteiger partial charge in [-0.2, -0.15) is 5.10 Å². The van der Waals surface area contributed by atoms with Crippen LogP contribution in [0.4, 0.5) is 5.69 Å². The first-order valence-electron chi connectivity index (χ1n) is 6.91. The van der Waals surface area contributed by atoms with Crippen LogP contribution in [0.3, 0.4) is 0 Å². The van der Waals surface area contributed by atoms with Crippen LogP contribution in [0.15, 0.2) is 42.5 Å². The topological polar surface area (TPSA) is 71.8 Å². The van der Waals surface area contributed by atoms with Crippen molar-refractivity contribution in [3.05, 3.63) is 58.1 Å². The summed E-state index contributed by atoms with van der Waals surface area (Å²) in [6.45, 7) is 2.15. The fraction of sp³-hybridized carbons (Fsp3) is 0.188. The molecule has 0 bridgehead atoms. The number of aromatic amines is 1. The van der Waals surface area contributed by atoms with E-state index >= 15 is 0 Å². The lowest BCUT2D eigenvalue weighted by Crippen LogP contribution is -1.87. The average molecular weight is 281 g/mol. The second-order valence-electron chi connectivity index (χ2n) is 5.01. The lowest BCUT2D eigenvalue weighted by Gasteiger charge is -2.01. The van der Waals surface area contributed by atoms with Crippen LogP contribution in [0.25, 0.3) is 22.2 Å². The van der Waals surface area contributed by atoms with Crippen molar-refractivity contribution in [1.29, 1.82) is 0 Å². The number of rotatable bonds is 4. The molecule has 21 heavy (non-hydrogen) atoms. The standard InChI is InChI=1S/C16H15N3O2/c1-2-3-11-4-6-12(7-5-11)16-14-10-13(19(20)21)8-9-15(14)17-18-16/h4-10H,2-3H2,1H3,(H,17,18). The summed E-state index contributed by atoms with van der Waals surface area (Å²) in [7, 11) is 0. The lowest BCUT2D eigenvalue weighted by atomic mass is 10.0. The molecule has 2 aromatic carbocycles. The first-order valence-corrected chi connectivity index (χ1v) is 6.91. The van der Waals surface area contributed by atoms with Crippen LogP contribution in [0.2, 0.25) is 0 Å². The second-order valence-corrected chi connectivity index (χ2v) is 5.01. The van der Waals surface area contributed by atoms with Crippen molar-refractivity contribution >= 4 is 16.6 Å². The van der Waals surface area contributed by atoms with Crippen LogP contribution < -0.4 is 0 Å². The highest BCUT2D eigenvalue weighted by Gasteiger charge is 2.13. The number of nitrogens with one attached hydrogen (secondary N) is 1. The zero-order valence-electron chi connectivity index (χ0n) is 11.7. The average Bonchev–Trinajstić information content (AvgIpc) is 2.91. The monoisotopic (exact) mass is 281 g/mol. The Morgan fingerprint density at radius 3 is 2.62 bits per heavy atom. The molecule has 0 radical (unpaired) electrons. The molecule has 0 aliphatic carbocycles. The van der Waals surface area contributed by atoms with Crippen molar-refractivity contribution in [2.24, 2.45) is 0 Å². The Hall–Kier alpha value is -2.69. The molecule has 0 amide bonds. The molecule has 5 nitrogen and oxygen atoms in total. The van der Waals surface area contributed by atoms with Crippen molar-refractivity contribution < 1.29 is 4.92 Å². The molecule has 0 fully saturated rings. The van der Waals surface area contributed by atoms with Gasteiger partial charge in [-0.3, -0.25) is 15.2 Å². The molecular weight excluding hydrogens is 266 g/mol. The first kappa shape index (κ1) is 13.3. The Bertz CT molecular complexity index is 791. The molecule has 1 aromatic heterocycles. The molecule has 0 unspecified atom stereocenters. The van der Waals surface area contributed by atoms with Gasteiger partial charge in [-0.15, -0.1) is 0 Å². The molecule has 1 N–H and O–H groups in total. The molecule has 0 aliphatic rings. The highest BCUT2D eigenvalue weighted by Crippen LogP contribution is 2.29. The summed E-state index contributed by atoms with van der Waals surface area (Å²) in [5.41, 5.74) is 3.87. The van der Waals surface area contributed by atoms with Gasteiger partial charge >= 0.3 is 0 Å². The van der Waals surface area contributed by atoms with E-state index in [1.54, 1.807) is 12.1 Å². The number of aryl methyl sites for hydroxylation is 1. The predicted molar refractivity (Wildman–Crippen MR) is 82.2 cm³/mol. The zero-order chi connectivity index (χ0) is 14.8. The van der Waals surface area contributed by atoms with Gasteiger partial charge in [0.2, 0.25) is 0 Å². The van der Waals surface area contributed by atoms with Crippen molar-refractivity contribution in [3.8, 4) is 11.3 Å². The van der Waals surface area contributed by atoms with Gasteiger partial charge in [0, 0.05) is 23.1 Å².